The van der Waals surface area contributed by atoms with E-state index in [9.17, 15) is 0 Å². The number of para-hydroxylation sites is 1. The predicted molar refractivity (Wildman–Crippen MR) is 86.9 cm³/mol. The Kier molecular flexibility index (Phi) is 3.96. The van der Waals surface area contributed by atoms with E-state index in [0.717, 1.165) is 17.1 Å². The van der Waals surface area contributed by atoms with E-state index < -0.39 is 0 Å². The number of rotatable bonds is 4. The van der Waals surface area contributed by atoms with Gasteiger partial charge in [0, 0.05) is 0 Å². The zero-order valence-corrected chi connectivity index (χ0v) is 13.6. The Balaban J connectivity index is 1.74. The number of hydrogen-bond acceptors (Lipinski definition) is 5. The summed E-state index contributed by atoms with van der Waals surface area (Å²) < 4.78 is 1.74. The topological polar surface area (TPSA) is 87.4 Å². The summed E-state index contributed by atoms with van der Waals surface area (Å²) in [5, 5.41) is 17.1. The smallest absolute Gasteiger partial charge is 0.105 e. The molecule has 3 aromatic rings. The number of hydrogen-bond donors (Lipinski definition) is 1. The molecule has 0 amide bonds. The third-order valence-electron chi connectivity index (χ3n) is 3.66. The lowest BCUT2D eigenvalue weighted by Gasteiger charge is -2.24. The van der Waals surface area contributed by atoms with E-state index in [2.05, 4.69) is 41.3 Å². The van der Waals surface area contributed by atoms with Gasteiger partial charge in [-0.3, -0.25) is 0 Å². The van der Waals surface area contributed by atoms with Gasteiger partial charge in [-0.15, -0.1) is 5.10 Å². The molecule has 2 aromatic heterocycles. The van der Waals surface area contributed by atoms with E-state index in [4.69, 9.17) is 5.73 Å². The second-order valence-electron chi connectivity index (χ2n) is 6.65. The highest BCUT2D eigenvalue weighted by atomic mass is 15.5. The summed E-state index contributed by atoms with van der Waals surface area (Å²) in [6.07, 6.45) is 3.61. The highest BCUT2D eigenvalue weighted by molar-refractivity contribution is 5.28. The Morgan fingerprint density at radius 3 is 2.61 bits per heavy atom. The van der Waals surface area contributed by atoms with Gasteiger partial charge in [0.1, 0.15) is 5.69 Å². The van der Waals surface area contributed by atoms with E-state index in [0.29, 0.717) is 6.54 Å². The SMILES string of the molecule is CC(C)(C)C(N)c1cn(Cc2cnn(-c3ccccc3)n2)nn1. The largest absolute Gasteiger partial charge is 0.322 e. The average Bonchev–Trinajstić information content (AvgIpc) is 3.16. The first-order chi connectivity index (χ1) is 10.9. The molecule has 0 saturated carbocycles. The maximum absolute atomic E-state index is 6.21. The zero-order chi connectivity index (χ0) is 16.4. The van der Waals surface area contributed by atoms with Crippen LogP contribution >= 0.6 is 0 Å². The first-order valence-electron chi connectivity index (χ1n) is 7.56. The van der Waals surface area contributed by atoms with Crippen molar-refractivity contribution in [2.24, 2.45) is 11.1 Å². The molecule has 7 heteroatoms. The molecular weight excluding hydrogens is 290 g/mol. The van der Waals surface area contributed by atoms with Crippen LogP contribution in [0.25, 0.3) is 5.69 Å². The summed E-state index contributed by atoms with van der Waals surface area (Å²) in [5.41, 5.74) is 8.68. The molecule has 3 rings (SSSR count). The van der Waals surface area contributed by atoms with Crippen molar-refractivity contribution < 1.29 is 0 Å². The van der Waals surface area contributed by atoms with Crippen LogP contribution in [0, 0.1) is 5.41 Å². The Bertz CT molecular complexity index is 767. The summed E-state index contributed by atoms with van der Waals surface area (Å²) in [7, 11) is 0. The van der Waals surface area contributed by atoms with Crippen LogP contribution in [0.4, 0.5) is 0 Å². The van der Waals surface area contributed by atoms with Gasteiger partial charge in [-0.1, -0.05) is 44.2 Å². The summed E-state index contributed by atoms with van der Waals surface area (Å²) in [5.74, 6) is 0. The fraction of sp³-hybridized carbons (Fsp3) is 0.375. The lowest BCUT2D eigenvalue weighted by molar-refractivity contribution is 0.321. The molecule has 23 heavy (non-hydrogen) atoms. The molecule has 0 radical (unpaired) electrons. The summed E-state index contributed by atoms with van der Waals surface area (Å²) in [6, 6.07) is 9.63. The number of nitrogens with two attached hydrogens (primary N) is 1. The molecule has 0 aliphatic rings. The predicted octanol–water partition coefficient (Wildman–Crippen LogP) is 1.95. The van der Waals surface area contributed by atoms with Crippen molar-refractivity contribution in [3.8, 4) is 5.69 Å². The van der Waals surface area contributed by atoms with Crippen LogP contribution in [0.2, 0.25) is 0 Å². The van der Waals surface area contributed by atoms with Gasteiger partial charge < -0.3 is 5.73 Å². The molecule has 1 atom stereocenters. The van der Waals surface area contributed by atoms with Gasteiger partial charge >= 0.3 is 0 Å². The molecule has 1 aromatic carbocycles. The second kappa shape index (κ2) is 5.92. The minimum atomic E-state index is -0.156. The van der Waals surface area contributed by atoms with Gasteiger partial charge in [-0.05, 0) is 17.5 Å². The number of aromatic nitrogens is 6. The van der Waals surface area contributed by atoms with Crippen molar-refractivity contribution in [3.63, 3.8) is 0 Å². The van der Waals surface area contributed by atoms with Crippen LogP contribution in [0.15, 0.2) is 42.7 Å². The Morgan fingerprint density at radius 2 is 1.91 bits per heavy atom. The van der Waals surface area contributed by atoms with Gasteiger partial charge in [0.25, 0.3) is 0 Å². The lowest BCUT2D eigenvalue weighted by Crippen LogP contribution is -2.26. The van der Waals surface area contributed by atoms with Crippen LogP contribution in [-0.4, -0.2) is 30.0 Å². The third kappa shape index (κ3) is 3.45. The van der Waals surface area contributed by atoms with Crippen LogP contribution < -0.4 is 5.73 Å². The molecule has 0 aliphatic heterocycles. The van der Waals surface area contributed by atoms with Crippen molar-refractivity contribution in [3.05, 3.63) is 54.1 Å². The van der Waals surface area contributed by atoms with Crippen molar-refractivity contribution in [1.82, 2.24) is 30.0 Å². The lowest BCUT2D eigenvalue weighted by atomic mass is 9.86. The highest BCUT2D eigenvalue weighted by Gasteiger charge is 2.24. The maximum atomic E-state index is 6.21. The van der Waals surface area contributed by atoms with Crippen molar-refractivity contribution in [1.29, 1.82) is 0 Å². The van der Waals surface area contributed by atoms with Gasteiger partial charge in [-0.25, -0.2) is 4.68 Å². The minimum absolute atomic E-state index is 0.0582. The van der Waals surface area contributed by atoms with Crippen molar-refractivity contribution in [2.45, 2.75) is 33.4 Å². The van der Waals surface area contributed by atoms with E-state index in [-0.39, 0.29) is 11.5 Å². The van der Waals surface area contributed by atoms with E-state index in [1.165, 1.54) is 0 Å². The molecule has 2 heterocycles. The number of benzene rings is 1. The Labute approximate surface area is 135 Å². The van der Waals surface area contributed by atoms with Crippen LogP contribution in [0.3, 0.4) is 0 Å². The Hall–Kier alpha value is -2.54. The molecule has 0 fully saturated rings. The zero-order valence-electron chi connectivity index (χ0n) is 13.6. The summed E-state index contributed by atoms with van der Waals surface area (Å²) in [6.45, 7) is 6.77. The summed E-state index contributed by atoms with van der Waals surface area (Å²) in [4.78, 5) is 1.61. The molecule has 2 N–H and O–H groups in total. The monoisotopic (exact) mass is 311 g/mol. The Morgan fingerprint density at radius 1 is 1.17 bits per heavy atom. The van der Waals surface area contributed by atoms with Crippen LogP contribution in [0.1, 0.15) is 38.2 Å². The van der Waals surface area contributed by atoms with E-state index >= 15 is 0 Å². The van der Waals surface area contributed by atoms with Gasteiger partial charge in [-0.2, -0.15) is 15.0 Å². The molecular formula is C16H21N7. The van der Waals surface area contributed by atoms with Gasteiger partial charge in [0.15, 0.2) is 0 Å². The third-order valence-corrected chi connectivity index (χ3v) is 3.66. The first-order valence-corrected chi connectivity index (χ1v) is 7.56. The maximum Gasteiger partial charge on any atom is 0.105 e. The van der Waals surface area contributed by atoms with E-state index in [1.54, 1.807) is 15.7 Å². The second-order valence-corrected chi connectivity index (χ2v) is 6.65. The quantitative estimate of drug-likeness (QED) is 0.795. The van der Waals surface area contributed by atoms with Gasteiger partial charge in [0.2, 0.25) is 0 Å². The van der Waals surface area contributed by atoms with Crippen LogP contribution in [-0.2, 0) is 6.54 Å². The number of nitrogens with zero attached hydrogens (tertiary/aromatic N) is 6. The average molecular weight is 311 g/mol. The fourth-order valence-corrected chi connectivity index (χ4v) is 2.20. The van der Waals surface area contributed by atoms with E-state index in [1.807, 2.05) is 36.5 Å². The molecule has 1 unspecified atom stereocenters. The highest BCUT2D eigenvalue weighted by Crippen LogP contribution is 2.28. The van der Waals surface area contributed by atoms with Crippen LogP contribution in [0.5, 0.6) is 0 Å². The molecule has 0 spiro atoms. The molecule has 120 valence electrons. The fourth-order valence-electron chi connectivity index (χ4n) is 2.20. The van der Waals surface area contributed by atoms with Gasteiger partial charge in [0.05, 0.1) is 36.4 Å². The molecule has 0 aliphatic carbocycles. The molecule has 0 saturated heterocycles. The molecule has 0 bridgehead atoms. The minimum Gasteiger partial charge on any atom is -0.322 e. The van der Waals surface area contributed by atoms with Crippen molar-refractivity contribution in [2.75, 3.05) is 0 Å². The van der Waals surface area contributed by atoms with Crippen molar-refractivity contribution >= 4 is 0 Å². The normalized spacial score (nSPS) is 13.2. The molecule has 7 nitrogen and oxygen atoms in total. The summed E-state index contributed by atoms with van der Waals surface area (Å²) >= 11 is 0. The first kappa shape index (κ1) is 15.4. The standard InChI is InChI=1S/C16H21N7/c1-16(2,3)15(17)14-11-22(21-19-14)10-12-9-18-23(20-12)13-7-5-4-6-8-13/h4-9,11,15H,10,17H2,1-3H3.